The Morgan fingerprint density at radius 3 is 2.36 bits per heavy atom. The zero-order valence-electron chi connectivity index (χ0n) is 15.0. The Balaban J connectivity index is 2.07. The summed E-state index contributed by atoms with van der Waals surface area (Å²) in [7, 11) is 0. The van der Waals surface area contributed by atoms with Gasteiger partial charge in [-0.3, -0.25) is 0 Å². The molecular weight excluding hydrogens is 318 g/mol. The van der Waals surface area contributed by atoms with Crippen LogP contribution in [0.5, 0.6) is 5.75 Å². The first-order chi connectivity index (χ1) is 11.8. The van der Waals surface area contributed by atoms with Crippen LogP contribution < -0.4 is 4.74 Å². The summed E-state index contributed by atoms with van der Waals surface area (Å²) in [4.78, 5) is 0. The first-order valence-electron chi connectivity index (χ1n) is 8.36. The SMILES string of the molecule is CC(C)(C)N(O)CC(O)c1ccc(OCc2ccccc2)c(CO)c1. The summed E-state index contributed by atoms with van der Waals surface area (Å²) in [5.41, 5.74) is 1.81. The van der Waals surface area contributed by atoms with Gasteiger partial charge in [-0.15, -0.1) is 0 Å². The lowest BCUT2D eigenvalue weighted by molar-refractivity contribution is -0.172. The maximum Gasteiger partial charge on any atom is 0.125 e. The van der Waals surface area contributed by atoms with Crippen LogP contribution in [0.2, 0.25) is 0 Å². The summed E-state index contributed by atoms with van der Waals surface area (Å²) in [6.45, 7) is 5.88. The molecule has 0 aliphatic rings. The molecule has 0 amide bonds. The van der Waals surface area contributed by atoms with Crippen molar-refractivity contribution in [2.45, 2.75) is 45.6 Å². The van der Waals surface area contributed by atoms with Crippen molar-refractivity contribution in [2.75, 3.05) is 6.54 Å². The van der Waals surface area contributed by atoms with Gasteiger partial charge in [-0.2, -0.15) is 5.06 Å². The number of hydrogen-bond donors (Lipinski definition) is 3. The molecule has 2 rings (SSSR count). The van der Waals surface area contributed by atoms with Gasteiger partial charge < -0.3 is 20.2 Å². The van der Waals surface area contributed by atoms with Crippen molar-refractivity contribution in [3.63, 3.8) is 0 Å². The minimum Gasteiger partial charge on any atom is -0.489 e. The molecule has 25 heavy (non-hydrogen) atoms. The van der Waals surface area contributed by atoms with Crippen molar-refractivity contribution in [1.82, 2.24) is 5.06 Å². The number of benzene rings is 2. The van der Waals surface area contributed by atoms with E-state index in [9.17, 15) is 15.4 Å². The molecule has 0 saturated carbocycles. The number of aliphatic hydroxyl groups excluding tert-OH is 2. The maximum absolute atomic E-state index is 10.3. The minimum atomic E-state index is -0.863. The highest BCUT2D eigenvalue weighted by Crippen LogP contribution is 2.26. The fourth-order valence-electron chi connectivity index (χ4n) is 2.35. The molecule has 0 saturated heterocycles. The van der Waals surface area contributed by atoms with Crippen molar-refractivity contribution >= 4 is 0 Å². The minimum absolute atomic E-state index is 0.0819. The predicted molar refractivity (Wildman–Crippen MR) is 96.3 cm³/mol. The highest BCUT2D eigenvalue weighted by molar-refractivity contribution is 5.38. The molecule has 0 radical (unpaired) electrons. The second kappa shape index (κ2) is 8.45. The van der Waals surface area contributed by atoms with E-state index in [0.29, 0.717) is 23.5 Å². The second-order valence-electron chi connectivity index (χ2n) is 7.07. The Hall–Kier alpha value is -1.92. The second-order valence-corrected chi connectivity index (χ2v) is 7.07. The summed E-state index contributed by atoms with van der Waals surface area (Å²) < 4.78 is 5.78. The van der Waals surface area contributed by atoms with Crippen molar-refractivity contribution in [3.8, 4) is 5.75 Å². The molecule has 1 unspecified atom stereocenters. The van der Waals surface area contributed by atoms with Crippen LogP contribution in [0.4, 0.5) is 0 Å². The van der Waals surface area contributed by atoms with E-state index in [4.69, 9.17) is 4.74 Å². The quantitative estimate of drug-likeness (QED) is 0.672. The molecule has 0 fully saturated rings. The lowest BCUT2D eigenvalue weighted by Gasteiger charge is -2.31. The molecule has 0 aliphatic heterocycles. The number of hydroxylamine groups is 2. The lowest BCUT2D eigenvalue weighted by atomic mass is 10.0. The van der Waals surface area contributed by atoms with E-state index in [0.717, 1.165) is 10.6 Å². The van der Waals surface area contributed by atoms with E-state index in [-0.39, 0.29) is 13.2 Å². The van der Waals surface area contributed by atoms with Crippen molar-refractivity contribution in [2.24, 2.45) is 0 Å². The lowest BCUT2D eigenvalue weighted by Crippen LogP contribution is -2.41. The van der Waals surface area contributed by atoms with Gasteiger partial charge in [-0.25, -0.2) is 0 Å². The Kier molecular flexibility index (Phi) is 6.56. The molecular formula is C20H27NO4. The van der Waals surface area contributed by atoms with E-state index in [1.165, 1.54) is 0 Å². The number of hydrogen-bond acceptors (Lipinski definition) is 5. The molecule has 0 aliphatic carbocycles. The Morgan fingerprint density at radius 1 is 1.08 bits per heavy atom. The van der Waals surface area contributed by atoms with Crippen LogP contribution in [0.25, 0.3) is 0 Å². The molecule has 2 aromatic carbocycles. The zero-order valence-corrected chi connectivity index (χ0v) is 15.0. The van der Waals surface area contributed by atoms with Gasteiger partial charge in [0.25, 0.3) is 0 Å². The summed E-state index contributed by atoms with van der Waals surface area (Å²) >= 11 is 0. The number of ether oxygens (including phenoxy) is 1. The van der Waals surface area contributed by atoms with Gasteiger partial charge in [0, 0.05) is 11.1 Å². The average molecular weight is 345 g/mol. The molecule has 0 spiro atoms. The van der Waals surface area contributed by atoms with E-state index in [1.54, 1.807) is 18.2 Å². The Labute approximate surface area is 149 Å². The van der Waals surface area contributed by atoms with Crippen LogP contribution in [0, 0.1) is 0 Å². The zero-order chi connectivity index (χ0) is 18.4. The van der Waals surface area contributed by atoms with E-state index >= 15 is 0 Å². The number of β-amino-alcohol motifs (C(OH)–C–C–N with tert-alkyl or cyclic N) is 1. The standard InChI is InChI=1S/C20H27NO4/c1-20(2,3)21(24)12-18(23)16-9-10-19(17(11-16)13-22)25-14-15-7-5-4-6-8-15/h4-11,18,22-24H,12-14H2,1-3H3. The highest BCUT2D eigenvalue weighted by atomic mass is 16.5. The van der Waals surface area contributed by atoms with Gasteiger partial charge in [-0.1, -0.05) is 36.4 Å². The predicted octanol–water partition coefficient (Wildman–Crippen LogP) is 3.28. The fraction of sp³-hybridized carbons (Fsp3) is 0.400. The summed E-state index contributed by atoms with van der Waals surface area (Å²) in [5, 5.41) is 31.1. The van der Waals surface area contributed by atoms with E-state index in [2.05, 4.69) is 0 Å². The largest absolute Gasteiger partial charge is 0.489 e. The number of aliphatic hydroxyl groups is 2. The summed E-state index contributed by atoms with van der Waals surface area (Å²) in [5.74, 6) is 0.582. The molecule has 3 N–H and O–H groups in total. The van der Waals surface area contributed by atoms with Gasteiger partial charge in [0.2, 0.25) is 0 Å². The normalized spacial score (nSPS) is 13.1. The van der Waals surface area contributed by atoms with Gasteiger partial charge in [0.15, 0.2) is 0 Å². The number of nitrogens with zero attached hydrogens (tertiary/aromatic N) is 1. The van der Waals surface area contributed by atoms with Gasteiger partial charge in [0.1, 0.15) is 12.4 Å². The maximum atomic E-state index is 10.3. The van der Waals surface area contributed by atoms with Gasteiger partial charge in [0.05, 0.1) is 19.3 Å². The molecule has 0 bridgehead atoms. The van der Waals surface area contributed by atoms with Crippen molar-refractivity contribution in [3.05, 3.63) is 65.2 Å². The first kappa shape index (κ1) is 19.4. The Morgan fingerprint density at radius 2 is 1.76 bits per heavy atom. The summed E-state index contributed by atoms with van der Waals surface area (Å²) in [6.07, 6.45) is -0.863. The van der Waals surface area contributed by atoms with Crippen LogP contribution in [0.1, 0.15) is 43.6 Å². The number of rotatable bonds is 7. The van der Waals surface area contributed by atoms with Crippen molar-refractivity contribution < 1.29 is 20.2 Å². The van der Waals surface area contributed by atoms with E-state index < -0.39 is 11.6 Å². The van der Waals surface area contributed by atoms with Crippen LogP contribution in [-0.2, 0) is 13.2 Å². The smallest absolute Gasteiger partial charge is 0.125 e. The molecule has 1 atom stereocenters. The Bertz CT molecular complexity index is 667. The molecule has 5 nitrogen and oxygen atoms in total. The monoisotopic (exact) mass is 345 g/mol. The molecule has 2 aromatic rings. The van der Waals surface area contributed by atoms with Crippen LogP contribution in [0.15, 0.2) is 48.5 Å². The van der Waals surface area contributed by atoms with Crippen LogP contribution >= 0.6 is 0 Å². The third-order valence-corrected chi connectivity index (χ3v) is 4.00. The van der Waals surface area contributed by atoms with E-state index in [1.807, 2.05) is 51.1 Å². The highest BCUT2D eigenvalue weighted by Gasteiger charge is 2.23. The molecule has 136 valence electrons. The average Bonchev–Trinajstić information content (AvgIpc) is 2.59. The van der Waals surface area contributed by atoms with Gasteiger partial charge >= 0.3 is 0 Å². The first-order valence-corrected chi connectivity index (χ1v) is 8.36. The molecule has 0 heterocycles. The third-order valence-electron chi connectivity index (χ3n) is 4.00. The molecule has 0 aromatic heterocycles. The van der Waals surface area contributed by atoms with Crippen molar-refractivity contribution in [1.29, 1.82) is 0 Å². The summed E-state index contributed by atoms with van der Waals surface area (Å²) in [6, 6.07) is 15.0. The fourth-order valence-corrected chi connectivity index (χ4v) is 2.35. The van der Waals surface area contributed by atoms with Crippen LogP contribution in [0.3, 0.4) is 0 Å². The van der Waals surface area contributed by atoms with Crippen LogP contribution in [-0.4, -0.2) is 32.6 Å². The topological polar surface area (TPSA) is 73.2 Å². The molecule has 5 heteroatoms. The third kappa shape index (κ3) is 5.54. The van der Waals surface area contributed by atoms with Gasteiger partial charge in [-0.05, 0) is 44.0 Å².